The van der Waals surface area contributed by atoms with E-state index in [4.69, 9.17) is 17.0 Å². The van der Waals surface area contributed by atoms with Crippen molar-refractivity contribution in [1.29, 1.82) is 0 Å². The molecule has 0 amide bonds. The van der Waals surface area contributed by atoms with E-state index in [1.165, 1.54) is 25.7 Å². The zero-order valence-corrected chi connectivity index (χ0v) is 12.3. The fourth-order valence-corrected chi connectivity index (χ4v) is 3.20. The maximum Gasteiger partial charge on any atom is 0.195 e. The summed E-state index contributed by atoms with van der Waals surface area (Å²) in [7, 11) is 1.72. The van der Waals surface area contributed by atoms with Crippen LogP contribution in [0.4, 0.5) is 0 Å². The van der Waals surface area contributed by atoms with E-state index in [9.17, 15) is 0 Å². The topological polar surface area (TPSA) is 42.8 Å². The third-order valence-electron chi connectivity index (χ3n) is 4.13. The third kappa shape index (κ3) is 2.67. The van der Waals surface area contributed by atoms with Gasteiger partial charge in [0.1, 0.15) is 5.82 Å². The van der Waals surface area contributed by atoms with Crippen molar-refractivity contribution in [3.63, 3.8) is 0 Å². The van der Waals surface area contributed by atoms with Crippen molar-refractivity contribution in [2.75, 3.05) is 13.7 Å². The molecule has 1 atom stereocenters. The maximum absolute atomic E-state index is 5.32. The van der Waals surface area contributed by atoms with Crippen molar-refractivity contribution in [3.05, 3.63) is 10.6 Å². The van der Waals surface area contributed by atoms with Gasteiger partial charge in [-0.3, -0.25) is 5.10 Å². The van der Waals surface area contributed by atoms with Crippen LogP contribution in [-0.2, 0) is 11.3 Å². The van der Waals surface area contributed by atoms with Crippen LogP contribution < -0.4 is 0 Å². The summed E-state index contributed by atoms with van der Waals surface area (Å²) in [6.45, 7) is 6.15. The molecule has 1 aliphatic carbocycles. The van der Waals surface area contributed by atoms with Crippen LogP contribution in [0.15, 0.2) is 0 Å². The Morgan fingerprint density at radius 3 is 2.94 bits per heavy atom. The van der Waals surface area contributed by atoms with Crippen molar-refractivity contribution in [2.45, 2.75) is 52.0 Å². The fraction of sp³-hybridized carbons (Fsp3) is 0.846. The molecule has 1 aromatic heterocycles. The quantitative estimate of drug-likeness (QED) is 0.853. The Morgan fingerprint density at radius 2 is 2.28 bits per heavy atom. The first-order chi connectivity index (χ1) is 8.56. The van der Waals surface area contributed by atoms with Gasteiger partial charge in [-0.1, -0.05) is 26.7 Å². The molecule has 0 radical (unpaired) electrons. The highest BCUT2D eigenvalue weighted by Crippen LogP contribution is 2.45. The second-order valence-electron chi connectivity index (χ2n) is 5.82. The first-order valence-electron chi connectivity index (χ1n) is 6.70. The third-order valence-corrected chi connectivity index (χ3v) is 4.44. The van der Waals surface area contributed by atoms with Gasteiger partial charge in [-0.25, -0.2) is 0 Å². The number of methoxy groups -OCH3 is 1. The molecule has 5 heteroatoms. The highest BCUT2D eigenvalue weighted by molar-refractivity contribution is 7.71. The smallest absolute Gasteiger partial charge is 0.195 e. The summed E-state index contributed by atoms with van der Waals surface area (Å²) in [6, 6.07) is 0. The number of nitrogens with zero attached hydrogens (tertiary/aromatic N) is 2. The number of aromatic amines is 1. The summed E-state index contributed by atoms with van der Waals surface area (Å²) in [4.78, 5) is 0. The highest BCUT2D eigenvalue weighted by atomic mass is 32.1. The molecule has 1 saturated carbocycles. The average molecular weight is 269 g/mol. The number of hydrogen-bond donors (Lipinski definition) is 1. The van der Waals surface area contributed by atoms with E-state index >= 15 is 0 Å². The summed E-state index contributed by atoms with van der Waals surface area (Å²) >= 11 is 5.32. The lowest BCUT2D eigenvalue weighted by Crippen LogP contribution is -2.29. The van der Waals surface area contributed by atoms with Gasteiger partial charge in [-0.05, 0) is 30.5 Å². The fourth-order valence-electron chi connectivity index (χ4n) is 2.97. The van der Waals surface area contributed by atoms with E-state index in [0.717, 1.165) is 12.4 Å². The minimum absolute atomic E-state index is 0.310. The van der Waals surface area contributed by atoms with Crippen LogP contribution in [-0.4, -0.2) is 28.5 Å². The lowest BCUT2D eigenvalue weighted by atomic mass is 9.68. The second kappa shape index (κ2) is 5.53. The van der Waals surface area contributed by atoms with Gasteiger partial charge in [0, 0.05) is 19.6 Å². The molecule has 1 unspecified atom stereocenters. The lowest BCUT2D eigenvalue weighted by Gasteiger charge is -2.38. The summed E-state index contributed by atoms with van der Waals surface area (Å²) < 4.78 is 7.97. The molecule has 102 valence electrons. The maximum atomic E-state index is 5.32. The van der Waals surface area contributed by atoms with E-state index < -0.39 is 0 Å². The van der Waals surface area contributed by atoms with Gasteiger partial charge in [0.15, 0.2) is 4.77 Å². The number of aromatic nitrogens is 3. The Hall–Kier alpha value is -0.680. The second-order valence-corrected chi connectivity index (χ2v) is 6.21. The van der Waals surface area contributed by atoms with Crippen LogP contribution in [0.5, 0.6) is 0 Å². The van der Waals surface area contributed by atoms with Gasteiger partial charge >= 0.3 is 0 Å². The minimum Gasteiger partial charge on any atom is -0.383 e. The number of rotatable bonds is 4. The highest BCUT2D eigenvalue weighted by Gasteiger charge is 2.36. The van der Waals surface area contributed by atoms with E-state index in [1.807, 2.05) is 0 Å². The van der Waals surface area contributed by atoms with Crippen molar-refractivity contribution >= 4 is 12.2 Å². The zero-order chi connectivity index (χ0) is 13.2. The Labute approximate surface area is 114 Å². The molecule has 1 N–H and O–H groups in total. The molecule has 1 heterocycles. The predicted molar refractivity (Wildman–Crippen MR) is 74.3 cm³/mol. The first kappa shape index (κ1) is 13.7. The first-order valence-corrected chi connectivity index (χ1v) is 7.11. The van der Waals surface area contributed by atoms with Crippen LogP contribution in [0.3, 0.4) is 0 Å². The normalized spacial score (nSPS) is 23.2. The van der Waals surface area contributed by atoms with Gasteiger partial charge in [0.25, 0.3) is 0 Å². The van der Waals surface area contributed by atoms with Crippen LogP contribution in [0.25, 0.3) is 0 Å². The Morgan fingerprint density at radius 1 is 1.50 bits per heavy atom. The van der Waals surface area contributed by atoms with Crippen LogP contribution in [0.1, 0.15) is 51.3 Å². The number of nitrogens with one attached hydrogen (secondary N) is 1. The predicted octanol–water partition coefficient (Wildman–Crippen LogP) is 3.27. The Balaban J connectivity index is 2.29. The minimum atomic E-state index is 0.310. The van der Waals surface area contributed by atoms with Crippen molar-refractivity contribution in [3.8, 4) is 0 Å². The molecular formula is C13H23N3OS. The average Bonchev–Trinajstić information content (AvgIpc) is 2.67. The SMILES string of the molecule is COCCn1c(C2CCCCC2(C)C)n[nH]c1=S. The van der Waals surface area contributed by atoms with Crippen molar-refractivity contribution in [2.24, 2.45) is 5.41 Å². The molecule has 0 aliphatic heterocycles. The van der Waals surface area contributed by atoms with E-state index in [2.05, 4.69) is 28.6 Å². The number of hydrogen-bond acceptors (Lipinski definition) is 3. The Bertz CT molecular complexity index is 449. The molecule has 0 bridgehead atoms. The molecule has 0 aromatic carbocycles. The van der Waals surface area contributed by atoms with E-state index in [-0.39, 0.29) is 0 Å². The largest absolute Gasteiger partial charge is 0.383 e. The standard InChI is InChI=1S/C13H23N3OS/c1-13(2)7-5-4-6-10(13)11-14-15-12(18)16(11)8-9-17-3/h10H,4-9H2,1-3H3,(H,15,18). The molecule has 18 heavy (non-hydrogen) atoms. The van der Waals surface area contributed by atoms with E-state index in [0.29, 0.717) is 22.7 Å². The molecular weight excluding hydrogens is 246 g/mol. The summed E-state index contributed by atoms with van der Waals surface area (Å²) in [6.07, 6.45) is 5.09. The van der Waals surface area contributed by atoms with Crippen molar-refractivity contribution in [1.82, 2.24) is 14.8 Å². The van der Waals surface area contributed by atoms with Crippen LogP contribution in [0, 0.1) is 10.2 Å². The molecule has 1 fully saturated rings. The lowest BCUT2D eigenvalue weighted by molar-refractivity contribution is 0.170. The molecule has 0 spiro atoms. The van der Waals surface area contributed by atoms with Gasteiger partial charge in [-0.2, -0.15) is 5.10 Å². The van der Waals surface area contributed by atoms with E-state index in [1.54, 1.807) is 7.11 Å². The molecule has 0 saturated heterocycles. The summed E-state index contributed by atoms with van der Waals surface area (Å²) in [5, 5.41) is 7.42. The molecule has 1 aliphatic rings. The molecule has 4 nitrogen and oxygen atoms in total. The summed E-state index contributed by atoms with van der Waals surface area (Å²) in [5.41, 5.74) is 0.310. The van der Waals surface area contributed by atoms with Gasteiger partial charge in [0.2, 0.25) is 0 Å². The molecule has 2 rings (SSSR count). The number of H-pyrrole nitrogens is 1. The van der Waals surface area contributed by atoms with Crippen LogP contribution in [0.2, 0.25) is 0 Å². The van der Waals surface area contributed by atoms with Crippen LogP contribution >= 0.6 is 12.2 Å². The van der Waals surface area contributed by atoms with Crippen molar-refractivity contribution < 1.29 is 4.74 Å². The summed E-state index contributed by atoms with van der Waals surface area (Å²) in [5.74, 6) is 1.61. The number of ether oxygens (including phenoxy) is 1. The molecule has 1 aromatic rings. The van der Waals surface area contributed by atoms with Gasteiger partial charge in [0.05, 0.1) is 6.61 Å². The zero-order valence-electron chi connectivity index (χ0n) is 11.5. The monoisotopic (exact) mass is 269 g/mol. The van der Waals surface area contributed by atoms with Gasteiger partial charge < -0.3 is 9.30 Å². The Kier molecular flexibility index (Phi) is 4.22. The van der Waals surface area contributed by atoms with Gasteiger partial charge in [-0.15, -0.1) is 0 Å².